The summed E-state index contributed by atoms with van der Waals surface area (Å²) in [6, 6.07) is 5.44. The number of carbonyl (C=O) groups excluding carboxylic acids is 2. The SMILES string of the molecule is COC(=O)N1CCCC1C(=O)c1cc(C)ccc1C. The second-order valence-electron chi connectivity index (χ2n) is 5.00. The third kappa shape index (κ3) is 2.62. The lowest BCUT2D eigenvalue weighted by Crippen LogP contribution is -2.40. The Morgan fingerprint density at radius 3 is 2.74 bits per heavy atom. The Labute approximate surface area is 113 Å². The maximum absolute atomic E-state index is 12.6. The van der Waals surface area contributed by atoms with Crippen molar-refractivity contribution in [1.29, 1.82) is 0 Å². The summed E-state index contributed by atoms with van der Waals surface area (Å²) in [6.07, 6.45) is 1.14. The van der Waals surface area contributed by atoms with Crippen LogP contribution in [0.1, 0.15) is 34.3 Å². The molecule has 1 saturated heterocycles. The summed E-state index contributed by atoms with van der Waals surface area (Å²) in [5.74, 6) is 0.0177. The van der Waals surface area contributed by atoms with Crippen molar-refractivity contribution in [2.24, 2.45) is 0 Å². The zero-order valence-electron chi connectivity index (χ0n) is 11.6. The van der Waals surface area contributed by atoms with E-state index in [1.165, 1.54) is 12.0 Å². The maximum Gasteiger partial charge on any atom is 0.410 e. The average molecular weight is 261 g/mol. The number of hydrogen-bond donors (Lipinski definition) is 0. The van der Waals surface area contributed by atoms with E-state index in [1.54, 1.807) is 0 Å². The predicted octanol–water partition coefficient (Wildman–Crippen LogP) is 2.72. The van der Waals surface area contributed by atoms with Gasteiger partial charge in [0.2, 0.25) is 0 Å². The number of rotatable bonds is 2. The number of benzene rings is 1. The molecule has 4 nitrogen and oxygen atoms in total. The monoisotopic (exact) mass is 261 g/mol. The number of ketones is 1. The van der Waals surface area contributed by atoms with Crippen LogP contribution in [-0.2, 0) is 4.74 Å². The molecule has 0 aliphatic carbocycles. The molecule has 1 aromatic carbocycles. The first kappa shape index (κ1) is 13.6. The summed E-state index contributed by atoms with van der Waals surface area (Å²) in [4.78, 5) is 25.8. The molecule has 0 radical (unpaired) electrons. The Morgan fingerprint density at radius 2 is 2.05 bits per heavy atom. The number of aryl methyl sites for hydroxylation is 2. The third-order valence-corrected chi connectivity index (χ3v) is 3.62. The molecule has 1 aliphatic rings. The quantitative estimate of drug-likeness (QED) is 0.769. The zero-order chi connectivity index (χ0) is 14.0. The molecule has 1 amide bonds. The molecule has 1 fully saturated rings. The highest BCUT2D eigenvalue weighted by Crippen LogP contribution is 2.23. The maximum atomic E-state index is 12.6. The lowest BCUT2D eigenvalue weighted by atomic mass is 9.96. The number of likely N-dealkylation sites (tertiary alicyclic amines) is 1. The molecule has 1 aliphatic heterocycles. The van der Waals surface area contributed by atoms with Crippen molar-refractivity contribution in [3.05, 3.63) is 34.9 Å². The van der Waals surface area contributed by atoms with Gasteiger partial charge in [-0.2, -0.15) is 0 Å². The Balaban J connectivity index is 2.28. The molecule has 1 unspecified atom stereocenters. The molecule has 1 aromatic rings. The Hall–Kier alpha value is -1.84. The summed E-state index contributed by atoms with van der Waals surface area (Å²) >= 11 is 0. The number of Topliss-reactive ketones (excluding diaryl/α,β-unsaturated/α-hetero) is 1. The molecule has 0 saturated carbocycles. The van der Waals surface area contributed by atoms with E-state index in [4.69, 9.17) is 4.74 Å². The van der Waals surface area contributed by atoms with Crippen molar-refractivity contribution in [2.75, 3.05) is 13.7 Å². The molecule has 0 N–H and O–H groups in total. The highest BCUT2D eigenvalue weighted by atomic mass is 16.5. The van der Waals surface area contributed by atoms with Crippen molar-refractivity contribution >= 4 is 11.9 Å². The molecule has 0 bridgehead atoms. The lowest BCUT2D eigenvalue weighted by molar-refractivity contribution is 0.0813. The van der Waals surface area contributed by atoms with E-state index in [2.05, 4.69) is 0 Å². The molecule has 102 valence electrons. The van der Waals surface area contributed by atoms with Gasteiger partial charge in [-0.25, -0.2) is 4.79 Å². The van der Waals surface area contributed by atoms with E-state index in [1.807, 2.05) is 32.0 Å². The van der Waals surface area contributed by atoms with Gasteiger partial charge in [-0.05, 0) is 38.3 Å². The lowest BCUT2D eigenvalue weighted by Gasteiger charge is -2.22. The van der Waals surface area contributed by atoms with Crippen LogP contribution >= 0.6 is 0 Å². The van der Waals surface area contributed by atoms with Gasteiger partial charge in [0.05, 0.1) is 13.2 Å². The zero-order valence-corrected chi connectivity index (χ0v) is 11.6. The van der Waals surface area contributed by atoms with Gasteiger partial charge in [0.1, 0.15) is 0 Å². The minimum absolute atomic E-state index is 0.0177. The van der Waals surface area contributed by atoms with Gasteiger partial charge in [0, 0.05) is 12.1 Å². The third-order valence-electron chi connectivity index (χ3n) is 3.62. The molecule has 2 rings (SSSR count). The van der Waals surface area contributed by atoms with E-state index in [9.17, 15) is 9.59 Å². The minimum Gasteiger partial charge on any atom is -0.453 e. The summed E-state index contributed by atoms with van der Waals surface area (Å²) in [5, 5.41) is 0. The van der Waals surface area contributed by atoms with Gasteiger partial charge < -0.3 is 4.74 Å². The standard InChI is InChI=1S/C15H19NO3/c1-10-6-7-11(2)12(9-10)14(17)13-5-4-8-16(13)15(18)19-3/h6-7,9,13H,4-5,8H2,1-3H3. The van der Waals surface area contributed by atoms with Crippen molar-refractivity contribution in [1.82, 2.24) is 4.90 Å². The topological polar surface area (TPSA) is 46.6 Å². The largest absolute Gasteiger partial charge is 0.453 e. The van der Waals surface area contributed by atoms with Gasteiger partial charge in [-0.15, -0.1) is 0 Å². The van der Waals surface area contributed by atoms with Crippen LogP contribution in [0.2, 0.25) is 0 Å². The number of carbonyl (C=O) groups is 2. The van der Waals surface area contributed by atoms with Crippen LogP contribution in [0.4, 0.5) is 4.79 Å². The molecular formula is C15H19NO3. The highest BCUT2D eigenvalue weighted by Gasteiger charge is 2.35. The number of methoxy groups -OCH3 is 1. The summed E-state index contributed by atoms with van der Waals surface area (Å²) in [7, 11) is 1.35. The van der Waals surface area contributed by atoms with E-state index >= 15 is 0 Å². The molecule has 0 aromatic heterocycles. The highest BCUT2D eigenvalue weighted by molar-refractivity contribution is 6.03. The first-order valence-corrected chi connectivity index (χ1v) is 6.50. The molecule has 19 heavy (non-hydrogen) atoms. The number of hydrogen-bond acceptors (Lipinski definition) is 3. The normalized spacial score (nSPS) is 18.5. The van der Waals surface area contributed by atoms with Crippen LogP contribution in [0.25, 0.3) is 0 Å². The number of amides is 1. The predicted molar refractivity (Wildman–Crippen MR) is 72.4 cm³/mol. The number of nitrogens with zero attached hydrogens (tertiary/aromatic N) is 1. The van der Waals surface area contributed by atoms with E-state index in [0.717, 1.165) is 17.5 Å². The fraction of sp³-hybridized carbons (Fsp3) is 0.467. The Kier molecular flexibility index (Phi) is 3.88. The summed E-state index contributed by atoms with van der Waals surface area (Å²) < 4.78 is 4.74. The fourth-order valence-corrected chi connectivity index (χ4v) is 2.56. The van der Waals surface area contributed by atoms with Gasteiger partial charge in [0.15, 0.2) is 5.78 Å². The van der Waals surface area contributed by atoms with Crippen molar-refractivity contribution in [3.8, 4) is 0 Å². The fourth-order valence-electron chi connectivity index (χ4n) is 2.56. The van der Waals surface area contributed by atoms with Gasteiger partial charge in [0.25, 0.3) is 0 Å². The van der Waals surface area contributed by atoms with E-state index in [-0.39, 0.29) is 11.8 Å². The average Bonchev–Trinajstić information content (AvgIpc) is 2.89. The molecule has 0 spiro atoms. The first-order valence-electron chi connectivity index (χ1n) is 6.50. The summed E-state index contributed by atoms with van der Waals surface area (Å²) in [5.41, 5.74) is 2.71. The smallest absolute Gasteiger partial charge is 0.410 e. The van der Waals surface area contributed by atoms with Crippen LogP contribution < -0.4 is 0 Å². The number of ether oxygens (including phenoxy) is 1. The second kappa shape index (κ2) is 5.43. The van der Waals surface area contributed by atoms with Gasteiger partial charge in [-0.1, -0.05) is 17.7 Å². The van der Waals surface area contributed by atoms with Crippen LogP contribution in [0.15, 0.2) is 18.2 Å². The molecule has 4 heteroatoms. The molecule has 1 heterocycles. The first-order chi connectivity index (χ1) is 9.04. The van der Waals surface area contributed by atoms with Crippen molar-refractivity contribution in [2.45, 2.75) is 32.7 Å². The minimum atomic E-state index is -0.416. The van der Waals surface area contributed by atoms with Gasteiger partial charge >= 0.3 is 6.09 Å². The van der Waals surface area contributed by atoms with Gasteiger partial charge in [-0.3, -0.25) is 9.69 Å². The summed E-state index contributed by atoms with van der Waals surface area (Å²) in [6.45, 7) is 4.47. The van der Waals surface area contributed by atoms with E-state index < -0.39 is 6.09 Å². The van der Waals surface area contributed by atoms with Crippen LogP contribution in [0.5, 0.6) is 0 Å². The Morgan fingerprint density at radius 1 is 1.32 bits per heavy atom. The van der Waals surface area contributed by atoms with Crippen LogP contribution in [-0.4, -0.2) is 36.5 Å². The van der Waals surface area contributed by atoms with Crippen molar-refractivity contribution < 1.29 is 14.3 Å². The molecule has 1 atom stereocenters. The van der Waals surface area contributed by atoms with E-state index in [0.29, 0.717) is 18.5 Å². The second-order valence-corrected chi connectivity index (χ2v) is 5.00. The van der Waals surface area contributed by atoms with Crippen molar-refractivity contribution in [3.63, 3.8) is 0 Å². The Bertz CT molecular complexity index is 510. The van der Waals surface area contributed by atoms with Crippen LogP contribution in [0.3, 0.4) is 0 Å². The van der Waals surface area contributed by atoms with Crippen LogP contribution in [0, 0.1) is 13.8 Å². The molecular weight excluding hydrogens is 242 g/mol.